The minimum absolute atomic E-state index is 0.129. The molecule has 0 rings (SSSR count). The molecule has 0 aromatic rings. The van der Waals surface area contributed by atoms with Gasteiger partial charge in [-0.1, -0.05) is 20.3 Å². The van der Waals surface area contributed by atoms with E-state index < -0.39 is 0 Å². The second-order valence-electron chi connectivity index (χ2n) is 2.71. The smallest absolute Gasteiger partial charge is 0.203 e. The van der Waals surface area contributed by atoms with Gasteiger partial charge >= 0.3 is 0 Å². The van der Waals surface area contributed by atoms with E-state index in [1.807, 2.05) is 0 Å². The summed E-state index contributed by atoms with van der Waals surface area (Å²) in [6, 6.07) is 0. The van der Waals surface area contributed by atoms with E-state index in [0.29, 0.717) is 5.92 Å². The molecule has 0 spiro atoms. The summed E-state index contributed by atoms with van der Waals surface area (Å²) in [4.78, 5) is 9.63. The topological polar surface area (TPSA) is 43.1 Å². The summed E-state index contributed by atoms with van der Waals surface area (Å²) < 4.78 is 0. The number of rotatable bonds is 5. The molecule has 0 amide bonds. The molecule has 3 heteroatoms. The molecule has 10 heavy (non-hydrogen) atoms. The second kappa shape index (κ2) is 5.21. The molecule has 0 aromatic carbocycles. The van der Waals surface area contributed by atoms with Gasteiger partial charge < -0.3 is 0 Å². The standard InChI is InChI=1S/C7H15NO2/c1-3-7(2)5-4-6-8(9)10/h7H,3-6H2,1-2H3. The van der Waals surface area contributed by atoms with Crippen molar-refractivity contribution in [1.29, 1.82) is 0 Å². The fraction of sp³-hybridized carbons (Fsp3) is 1.00. The Morgan fingerprint density at radius 2 is 2.20 bits per heavy atom. The van der Waals surface area contributed by atoms with Crippen molar-refractivity contribution in [2.75, 3.05) is 6.54 Å². The summed E-state index contributed by atoms with van der Waals surface area (Å²) in [5.41, 5.74) is 0. The first-order valence-electron chi connectivity index (χ1n) is 3.78. The van der Waals surface area contributed by atoms with Gasteiger partial charge in [-0.3, -0.25) is 10.1 Å². The van der Waals surface area contributed by atoms with Gasteiger partial charge in [-0.2, -0.15) is 0 Å². The Labute approximate surface area is 61.6 Å². The zero-order valence-electron chi connectivity index (χ0n) is 6.67. The molecular formula is C7H15NO2. The van der Waals surface area contributed by atoms with Crippen molar-refractivity contribution in [1.82, 2.24) is 0 Å². The molecule has 0 saturated heterocycles. The zero-order valence-corrected chi connectivity index (χ0v) is 6.67. The number of nitrogens with zero attached hydrogens (tertiary/aromatic N) is 1. The molecule has 0 bridgehead atoms. The fourth-order valence-electron chi connectivity index (χ4n) is 0.773. The molecule has 1 unspecified atom stereocenters. The Hall–Kier alpha value is -0.600. The maximum absolute atomic E-state index is 9.87. The van der Waals surface area contributed by atoms with E-state index in [-0.39, 0.29) is 11.5 Å². The van der Waals surface area contributed by atoms with E-state index in [2.05, 4.69) is 13.8 Å². The van der Waals surface area contributed by atoms with Crippen LogP contribution >= 0.6 is 0 Å². The monoisotopic (exact) mass is 145 g/mol. The fourth-order valence-corrected chi connectivity index (χ4v) is 0.773. The summed E-state index contributed by atoms with van der Waals surface area (Å²) in [5, 5.41) is 9.87. The van der Waals surface area contributed by atoms with Crippen LogP contribution in [0.4, 0.5) is 0 Å². The molecule has 0 fully saturated rings. The predicted molar refractivity (Wildman–Crippen MR) is 40.6 cm³/mol. The van der Waals surface area contributed by atoms with Gasteiger partial charge in [0.25, 0.3) is 0 Å². The third-order valence-electron chi connectivity index (χ3n) is 1.73. The quantitative estimate of drug-likeness (QED) is 0.439. The highest BCUT2D eigenvalue weighted by Gasteiger charge is 2.01. The average molecular weight is 145 g/mol. The van der Waals surface area contributed by atoms with E-state index in [4.69, 9.17) is 0 Å². The number of hydrogen-bond acceptors (Lipinski definition) is 2. The van der Waals surface area contributed by atoms with Crippen LogP contribution in [0.15, 0.2) is 0 Å². The van der Waals surface area contributed by atoms with Crippen LogP contribution in [0.3, 0.4) is 0 Å². The van der Waals surface area contributed by atoms with E-state index in [1.165, 1.54) is 0 Å². The maximum atomic E-state index is 9.87. The van der Waals surface area contributed by atoms with E-state index in [0.717, 1.165) is 19.3 Å². The molecule has 1 atom stereocenters. The molecule has 60 valence electrons. The van der Waals surface area contributed by atoms with Gasteiger partial charge in [-0.15, -0.1) is 0 Å². The molecule has 0 aliphatic heterocycles. The molecule has 0 N–H and O–H groups in total. The van der Waals surface area contributed by atoms with Gasteiger partial charge in [0.1, 0.15) is 0 Å². The van der Waals surface area contributed by atoms with E-state index in [1.54, 1.807) is 0 Å². The van der Waals surface area contributed by atoms with Crippen LogP contribution < -0.4 is 0 Å². The third kappa shape index (κ3) is 5.54. The van der Waals surface area contributed by atoms with Crippen molar-refractivity contribution in [2.24, 2.45) is 5.92 Å². The molecule has 0 radical (unpaired) electrons. The Balaban J connectivity index is 3.11. The van der Waals surface area contributed by atoms with Crippen LogP contribution in [0.1, 0.15) is 33.1 Å². The lowest BCUT2D eigenvalue weighted by molar-refractivity contribution is -0.480. The van der Waals surface area contributed by atoms with Gasteiger partial charge in [0.2, 0.25) is 6.54 Å². The Morgan fingerprint density at radius 3 is 2.60 bits per heavy atom. The first kappa shape index (κ1) is 9.40. The van der Waals surface area contributed by atoms with Crippen molar-refractivity contribution < 1.29 is 4.92 Å². The zero-order chi connectivity index (χ0) is 7.98. The van der Waals surface area contributed by atoms with Crippen LogP contribution in [0.5, 0.6) is 0 Å². The molecule has 0 aliphatic carbocycles. The van der Waals surface area contributed by atoms with Crippen LogP contribution in [-0.4, -0.2) is 11.5 Å². The van der Waals surface area contributed by atoms with Crippen molar-refractivity contribution in [3.8, 4) is 0 Å². The highest BCUT2D eigenvalue weighted by atomic mass is 16.6. The maximum Gasteiger partial charge on any atom is 0.203 e. The minimum Gasteiger partial charge on any atom is -0.265 e. The SMILES string of the molecule is CCC(C)CCC[N+](=O)[O-]. The van der Waals surface area contributed by atoms with E-state index in [9.17, 15) is 10.1 Å². The van der Waals surface area contributed by atoms with Crippen molar-refractivity contribution in [2.45, 2.75) is 33.1 Å². The number of hydrogen-bond donors (Lipinski definition) is 0. The molecule has 0 saturated carbocycles. The lowest BCUT2D eigenvalue weighted by Crippen LogP contribution is -2.02. The second-order valence-corrected chi connectivity index (χ2v) is 2.71. The molecule has 3 nitrogen and oxygen atoms in total. The summed E-state index contributed by atoms with van der Waals surface area (Å²) in [5.74, 6) is 0.639. The van der Waals surface area contributed by atoms with Crippen molar-refractivity contribution >= 4 is 0 Å². The van der Waals surface area contributed by atoms with Crippen LogP contribution in [0, 0.1) is 16.0 Å². The third-order valence-corrected chi connectivity index (χ3v) is 1.73. The summed E-state index contributed by atoms with van der Waals surface area (Å²) in [6.07, 6.45) is 2.83. The van der Waals surface area contributed by atoms with Crippen LogP contribution in [0.25, 0.3) is 0 Å². The first-order valence-corrected chi connectivity index (χ1v) is 3.78. The lowest BCUT2D eigenvalue weighted by atomic mass is 10.0. The number of nitro groups is 1. The van der Waals surface area contributed by atoms with Gasteiger partial charge in [0, 0.05) is 11.3 Å². The molecular weight excluding hydrogens is 130 g/mol. The Kier molecular flexibility index (Phi) is 4.89. The van der Waals surface area contributed by atoms with E-state index >= 15 is 0 Å². The molecule has 0 aromatic heterocycles. The Morgan fingerprint density at radius 1 is 1.60 bits per heavy atom. The summed E-state index contributed by atoms with van der Waals surface area (Å²) in [7, 11) is 0. The van der Waals surface area contributed by atoms with Gasteiger partial charge in [0.15, 0.2) is 0 Å². The van der Waals surface area contributed by atoms with Crippen molar-refractivity contribution in [3.63, 3.8) is 0 Å². The van der Waals surface area contributed by atoms with Crippen LogP contribution in [0.2, 0.25) is 0 Å². The average Bonchev–Trinajstić information content (AvgIpc) is 1.87. The molecule has 0 aliphatic rings. The minimum atomic E-state index is -0.248. The van der Waals surface area contributed by atoms with Gasteiger partial charge in [-0.05, 0) is 12.3 Å². The molecule has 0 heterocycles. The lowest BCUT2D eigenvalue weighted by Gasteiger charge is -2.03. The summed E-state index contributed by atoms with van der Waals surface area (Å²) in [6.45, 7) is 4.36. The van der Waals surface area contributed by atoms with Crippen LogP contribution in [-0.2, 0) is 0 Å². The summed E-state index contributed by atoms with van der Waals surface area (Å²) >= 11 is 0. The van der Waals surface area contributed by atoms with Gasteiger partial charge in [0.05, 0.1) is 0 Å². The Bertz CT molecular complexity index is 104. The normalized spacial score (nSPS) is 13.0. The van der Waals surface area contributed by atoms with Crippen molar-refractivity contribution in [3.05, 3.63) is 10.1 Å². The predicted octanol–water partition coefficient (Wildman–Crippen LogP) is 2.09. The van der Waals surface area contributed by atoms with Gasteiger partial charge in [-0.25, -0.2) is 0 Å². The first-order chi connectivity index (χ1) is 4.66. The largest absolute Gasteiger partial charge is 0.265 e. The highest BCUT2D eigenvalue weighted by molar-refractivity contribution is 4.48. The highest BCUT2D eigenvalue weighted by Crippen LogP contribution is 2.08.